The molecule has 0 spiro atoms. The summed E-state index contributed by atoms with van der Waals surface area (Å²) in [5.41, 5.74) is 3.56. The number of para-hydroxylation sites is 1. The number of rotatable bonds is 8. The molecular formula is C26H34N4O4. The van der Waals surface area contributed by atoms with Crippen LogP contribution in [0.25, 0.3) is 0 Å². The van der Waals surface area contributed by atoms with Crippen LogP contribution in [0.2, 0.25) is 0 Å². The molecule has 0 bridgehead atoms. The minimum atomic E-state index is -0.485. The van der Waals surface area contributed by atoms with Crippen LogP contribution in [0.5, 0.6) is 11.5 Å². The van der Waals surface area contributed by atoms with E-state index in [1.54, 1.807) is 32.0 Å². The van der Waals surface area contributed by atoms with Gasteiger partial charge >= 0.3 is 6.09 Å². The lowest BCUT2D eigenvalue weighted by Gasteiger charge is -2.13. The number of ether oxygens (including phenoxy) is 3. The summed E-state index contributed by atoms with van der Waals surface area (Å²) in [5, 5.41) is 5.81. The van der Waals surface area contributed by atoms with Gasteiger partial charge in [0.15, 0.2) is 11.5 Å². The maximum atomic E-state index is 11.5. The molecule has 3 aromatic rings. The number of anilines is 3. The number of aromatic nitrogens is 2. The molecule has 182 valence electrons. The quantitative estimate of drug-likeness (QED) is 0.403. The number of carbonyl (C=O) groups is 1. The topological polar surface area (TPSA) is 94.6 Å². The van der Waals surface area contributed by atoms with Gasteiger partial charge in [0, 0.05) is 28.8 Å². The van der Waals surface area contributed by atoms with Crippen LogP contribution < -0.4 is 20.1 Å². The van der Waals surface area contributed by atoms with Gasteiger partial charge in [-0.1, -0.05) is 18.2 Å². The highest BCUT2D eigenvalue weighted by Gasteiger charge is 2.10. The summed E-state index contributed by atoms with van der Waals surface area (Å²) in [6.07, 6.45) is -0.643. The van der Waals surface area contributed by atoms with Crippen molar-refractivity contribution < 1.29 is 19.0 Å². The zero-order valence-electron chi connectivity index (χ0n) is 20.7. The second-order valence-electron chi connectivity index (χ2n) is 7.57. The summed E-state index contributed by atoms with van der Waals surface area (Å²) >= 11 is 0. The molecule has 8 heteroatoms. The third kappa shape index (κ3) is 9.36. The first-order valence-corrected chi connectivity index (χ1v) is 11.3. The van der Waals surface area contributed by atoms with Crippen LogP contribution >= 0.6 is 0 Å². The summed E-state index contributed by atoms with van der Waals surface area (Å²) in [5.74, 6) is 1.91. The molecule has 34 heavy (non-hydrogen) atoms. The van der Waals surface area contributed by atoms with Gasteiger partial charge in [0.25, 0.3) is 0 Å². The Morgan fingerprint density at radius 2 is 1.47 bits per heavy atom. The van der Waals surface area contributed by atoms with E-state index in [4.69, 9.17) is 14.2 Å². The van der Waals surface area contributed by atoms with E-state index >= 15 is 0 Å². The summed E-state index contributed by atoms with van der Waals surface area (Å²) in [6.45, 7) is 12.4. The molecule has 8 nitrogen and oxygen atoms in total. The average Bonchev–Trinajstić information content (AvgIpc) is 2.76. The number of hydrogen-bond acceptors (Lipinski definition) is 7. The summed E-state index contributed by atoms with van der Waals surface area (Å²) in [7, 11) is 0. The minimum Gasteiger partial charge on any atom is -0.490 e. The van der Waals surface area contributed by atoms with Crippen LogP contribution in [0.4, 0.5) is 22.1 Å². The van der Waals surface area contributed by atoms with Crippen LogP contribution in [-0.2, 0) is 4.74 Å². The molecule has 0 saturated carbocycles. The lowest BCUT2D eigenvalue weighted by atomic mass is 10.2. The number of carbonyl (C=O) groups excluding carboxylic acids is 1. The maximum absolute atomic E-state index is 11.5. The van der Waals surface area contributed by atoms with Crippen LogP contribution in [0, 0.1) is 13.8 Å². The molecule has 0 aliphatic heterocycles. The van der Waals surface area contributed by atoms with E-state index in [2.05, 4.69) is 20.6 Å². The maximum Gasteiger partial charge on any atom is 0.411 e. The van der Waals surface area contributed by atoms with Gasteiger partial charge in [-0.2, -0.15) is 0 Å². The average molecular weight is 467 g/mol. The Morgan fingerprint density at radius 3 is 2.06 bits per heavy atom. The van der Waals surface area contributed by atoms with Crippen LogP contribution in [0.15, 0.2) is 54.6 Å². The largest absolute Gasteiger partial charge is 0.490 e. The van der Waals surface area contributed by atoms with E-state index in [0.717, 1.165) is 17.1 Å². The van der Waals surface area contributed by atoms with Gasteiger partial charge < -0.3 is 19.5 Å². The van der Waals surface area contributed by atoms with E-state index < -0.39 is 6.09 Å². The molecule has 1 aromatic heterocycles. The van der Waals surface area contributed by atoms with Crippen molar-refractivity contribution in [3.05, 3.63) is 66.0 Å². The highest BCUT2D eigenvalue weighted by atomic mass is 16.6. The predicted molar refractivity (Wildman–Crippen MR) is 135 cm³/mol. The fraction of sp³-hybridized carbons (Fsp3) is 0.346. The summed E-state index contributed by atoms with van der Waals surface area (Å²) in [6, 6.07) is 17.1. The molecule has 2 N–H and O–H groups in total. The fourth-order valence-electron chi connectivity index (χ4n) is 2.92. The Hall–Kier alpha value is -3.81. The van der Waals surface area contributed by atoms with Crippen LogP contribution in [0.1, 0.15) is 39.1 Å². The second kappa shape index (κ2) is 13.7. The normalized spacial score (nSPS) is 10.1. The van der Waals surface area contributed by atoms with E-state index in [-0.39, 0.29) is 6.10 Å². The van der Waals surface area contributed by atoms with Gasteiger partial charge in [-0.15, -0.1) is 0 Å². The number of hydrogen-bond donors (Lipinski definition) is 2. The third-order valence-electron chi connectivity index (χ3n) is 4.14. The number of nitrogens with zero attached hydrogens (tertiary/aromatic N) is 2. The van der Waals surface area contributed by atoms with Crippen molar-refractivity contribution in [1.82, 2.24) is 9.97 Å². The standard InChI is InChI=1S/C14H21NO4.C12H13N3/c1-5-17-12-8-7-11(9-13(12)18-6-2)15-14(16)19-10(3)4;1-9-8-10(2)14-12(13-9)15-11-6-4-3-5-7-11/h7-10H,5-6H2,1-4H3,(H,15,16);3-8H,1-2H3,(H,13,14,15). The van der Waals surface area contributed by atoms with E-state index in [0.29, 0.717) is 36.3 Å². The van der Waals surface area contributed by atoms with Crippen molar-refractivity contribution in [2.45, 2.75) is 47.6 Å². The first-order valence-electron chi connectivity index (χ1n) is 11.3. The minimum absolute atomic E-state index is 0.158. The molecule has 0 unspecified atom stereocenters. The van der Waals surface area contributed by atoms with Gasteiger partial charge in [0.1, 0.15) is 0 Å². The van der Waals surface area contributed by atoms with Crippen molar-refractivity contribution in [2.24, 2.45) is 0 Å². The molecule has 1 heterocycles. The molecule has 2 aromatic carbocycles. The van der Waals surface area contributed by atoms with Gasteiger partial charge in [0.05, 0.1) is 19.3 Å². The Kier molecular flexibility index (Phi) is 10.6. The van der Waals surface area contributed by atoms with Crippen LogP contribution in [0.3, 0.4) is 0 Å². The Bertz CT molecular complexity index is 1020. The highest BCUT2D eigenvalue weighted by Crippen LogP contribution is 2.30. The molecule has 0 radical (unpaired) electrons. The highest BCUT2D eigenvalue weighted by molar-refractivity contribution is 5.85. The zero-order chi connectivity index (χ0) is 24.9. The smallest absolute Gasteiger partial charge is 0.411 e. The number of aryl methyl sites for hydroxylation is 2. The van der Waals surface area contributed by atoms with Crippen molar-refractivity contribution >= 4 is 23.4 Å². The van der Waals surface area contributed by atoms with Crippen molar-refractivity contribution in [2.75, 3.05) is 23.8 Å². The van der Waals surface area contributed by atoms with E-state index in [9.17, 15) is 4.79 Å². The Balaban J connectivity index is 0.000000246. The van der Waals surface area contributed by atoms with Gasteiger partial charge in [0.2, 0.25) is 5.95 Å². The third-order valence-corrected chi connectivity index (χ3v) is 4.14. The van der Waals surface area contributed by atoms with Crippen molar-refractivity contribution in [3.63, 3.8) is 0 Å². The molecule has 1 amide bonds. The predicted octanol–water partition coefficient (Wildman–Crippen LogP) is 6.28. The monoisotopic (exact) mass is 466 g/mol. The Labute approximate surface area is 201 Å². The fourth-order valence-corrected chi connectivity index (χ4v) is 2.92. The molecule has 0 aliphatic carbocycles. The number of nitrogens with one attached hydrogen (secondary N) is 2. The van der Waals surface area contributed by atoms with Gasteiger partial charge in [-0.05, 0) is 71.9 Å². The van der Waals surface area contributed by atoms with Gasteiger partial charge in [-0.25, -0.2) is 14.8 Å². The van der Waals surface area contributed by atoms with Crippen LogP contribution in [-0.4, -0.2) is 35.4 Å². The van der Waals surface area contributed by atoms with Crippen molar-refractivity contribution in [1.29, 1.82) is 0 Å². The molecule has 0 aliphatic rings. The SMILES string of the molecule is CCOc1ccc(NC(=O)OC(C)C)cc1OCC.Cc1cc(C)nc(Nc2ccccc2)n1. The molecule has 0 saturated heterocycles. The molecule has 3 rings (SSSR count). The van der Waals surface area contributed by atoms with E-state index in [1.807, 2.05) is 64.1 Å². The molecular weight excluding hydrogens is 432 g/mol. The van der Waals surface area contributed by atoms with E-state index in [1.165, 1.54) is 0 Å². The Morgan fingerprint density at radius 1 is 0.853 bits per heavy atom. The summed E-state index contributed by atoms with van der Waals surface area (Å²) < 4.78 is 15.9. The lowest BCUT2D eigenvalue weighted by Crippen LogP contribution is -2.18. The molecule has 0 atom stereocenters. The zero-order valence-corrected chi connectivity index (χ0v) is 20.7. The first kappa shape index (κ1) is 26.4. The molecule has 0 fully saturated rings. The second-order valence-corrected chi connectivity index (χ2v) is 7.57. The summed E-state index contributed by atoms with van der Waals surface area (Å²) in [4.78, 5) is 20.1. The van der Waals surface area contributed by atoms with Crippen molar-refractivity contribution in [3.8, 4) is 11.5 Å². The van der Waals surface area contributed by atoms with Gasteiger partial charge in [-0.3, -0.25) is 5.32 Å². The first-order chi connectivity index (χ1) is 16.3. The lowest BCUT2D eigenvalue weighted by molar-refractivity contribution is 0.130. The number of benzene rings is 2. The number of amides is 1.